The first kappa shape index (κ1) is 16.4. The number of rotatable bonds is 5. The van der Waals surface area contributed by atoms with E-state index in [4.69, 9.17) is 0 Å². The highest BCUT2D eigenvalue weighted by molar-refractivity contribution is 5.47. The topological polar surface area (TPSA) is 38.8 Å². The highest BCUT2D eigenvalue weighted by Gasteiger charge is 2.27. The summed E-state index contributed by atoms with van der Waals surface area (Å²) >= 11 is 0. The molecular weight excluding hydrogens is 295 g/mol. The van der Waals surface area contributed by atoms with E-state index >= 15 is 0 Å². The zero-order valence-corrected chi connectivity index (χ0v) is 13.5. The molecule has 3 rings (SSSR count). The van der Waals surface area contributed by atoms with Crippen LogP contribution in [-0.4, -0.2) is 80.0 Å². The van der Waals surface area contributed by atoms with Gasteiger partial charge in [-0.05, 0) is 17.7 Å². The second kappa shape index (κ2) is 7.86. The monoisotopic (exact) mass is 320 g/mol. The van der Waals surface area contributed by atoms with Crippen LogP contribution in [0.5, 0.6) is 0 Å². The molecule has 1 atom stereocenters. The molecule has 2 heterocycles. The number of hydrogen-bond donors (Lipinski definition) is 1. The number of nitrogens with one attached hydrogen (secondary N) is 1. The predicted molar refractivity (Wildman–Crippen MR) is 87.7 cm³/mol. The lowest BCUT2D eigenvalue weighted by molar-refractivity contribution is -0.120. The minimum Gasteiger partial charge on any atom is -0.343 e. The van der Waals surface area contributed by atoms with Crippen molar-refractivity contribution >= 4 is 6.41 Å². The van der Waals surface area contributed by atoms with Crippen molar-refractivity contribution in [3.63, 3.8) is 0 Å². The summed E-state index contributed by atoms with van der Waals surface area (Å²) in [5.74, 6) is -0.194. The van der Waals surface area contributed by atoms with Crippen LogP contribution in [0.15, 0.2) is 24.3 Å². The van der Waals surface area contributed by atoms with E-state index in [0.29, 0.717) is 0 Å². The SMILES string of the molecule is O=CN1CCN(C(CN2CCNCC2)c2ccc(F)cc2)CC1. The molecule has 2 aliphatic rings. The van der Waals surface area contributed by atoms with Crippen molar-refractivity contribution in [1.29, 1.82) is 0 Å². The molecule has 0 aromatic heterocycles. The Kier molecular flexibility index (Phi) is 5.59. The molecule has 0 saturated carbocycles. The molecule has 2 aliphatic heterocycles. The maximum absolute atomic E-state index is 13.3. The second-order valence-corrected chi connectivity index (χ2v) is 6.30. The van der Waals surface area contributed by atoms with E-state index in [2.05, 4.69) is 15.1 Å². The second-order valence-electron chi connectivity index (χ2n) is 6.30. The summed E-state index contributed by atoms with van der Waals surface area (Å²) in [5.41, 5.74) is 1.16. The number of carbonyl (C=O) groups is 1. The van der Waals surface area contributed by atoms with Gasteiger partial charge in [0.2, 0.25) is 6.41 Å². The Morgan fingerprint density at radius 1 is 1.04 bits per heavy atom. The molecule has 2 fully saturated rings. The molecule has 0 radical (unpaired) electrons. The molecule has 0 aliphatic carbocycles. The number of amides is 1. The Balaban J connectivity index is 1.72. The van der Waals surface area contributed by atoms with Crippen molar-refractivity contribution in [1.82, 2.24) is 20.0 Å². The Morgan fingerprint density at radius 2 is 1.70 bits per heavy atom. The third-order valence-corrected chi connectivity index (χ3v) is 4.83. The lowest BCUT2D eigenvalue weighted by Gasteiger charge is -2.41. The van der Waals surface area contributed by atoms with Gasteiger partial charge in [-0.2, -0.15) is 0 Å². The van der Waals surface area contributed by atoms with E-state index in [1.165, 1.54) is 0 Å². The molecule has 1 aromatic rings. The minimum absolute atomic E-state index is 0.194. The number of nitrogens with zero attached hydrogens (tertiary/aromatic N) is 3. The summed E-state index contributed by atoms with van der Waals surface area (Å²) in [4.78, 5) is 17.6. The van der Waals surface area contributed by atoms with Gasteiger partial charge in [-0.3, -0.25) is 14.6 Å². The third kappa shape index (κ3) is 4.28. The van der Waals surface area contributed by atoms with Crippen LogP contribution in [0, 0.1) is 5.82 Å². The summed E-state index contributed by atoms with van der Waals surface area (Å²) in [6.07, 6.45) is 0.931. The highest BCUT2D eigenvalue weighted by atomic mass is 19.1. The van der Waals surface area contributed by atoms with Gasteiger partial charge in [-0.15, -0.1) is 0 Å². The molecule has 1 unspecified atom stereocenters. The van der Waals surface area contributed by atoms with E-state index in [0.717, 1.165) is 70.9 Å². The van der Waals surface area contributed by atoms with E-state index < -0.39 is 0 Å². The average Bonchev–Trinajstić information content (AvgIpc) is 2.62. The summed E-state index contributed by atoms with van der Waals surface area (Å²) < 4.78 is 13.3. The van der Waals surface area contributed by atoms with Gasteiger partial charge >= 0.3 is 0 Å². The van der Waals surface area contributed by atoms with Crippen LogP contribution in [0.2, 0.25) is 0 Å². The number of piperazine rings is 2. The number of hydrogen-bond acceptors (Lipinski definition) is 4. The summed E-state index contributed by atoms with van der Waals surface area (Å²) in [7, 11) is 0. The lowest BCUT2D eigenvalue weighted by Crippen LogP contribution is -2.51. The van der Waals surface area contributed by atoms with Crippen LogP contribution in [0.1, 0.15) is 11.6 Å². The molecular formula is C17H25FN4O. The smallest absolute Gasteiger partial charge is 0.209 e. The maximum Gasteiger partial charge on any atom is 0.209 e. The number of benzene rings is 1. The van der Waals surface area contributed by atoms with Crippen LogP contribution in [0.25, 0.3) is 0 Å². The minimum atomic E-state index is -0.194. The molecule has 1 aromatic carbocycles. The van der Waals surface area contributed by atoms with Gasteiger partial charge in [-0.25, -0.2) is 4.39 Å². The first-order chi connectivity index (χ1) is 11.3. The summed E-state index contributed by atoms with van der Waals surface area (Å²) in [6, 6.07) is 7.13. The van der Waals surface area contributed by atoms with Gasteiger partial charge in [-0.1, -0.05) is 12.1 Å². The summed E-state index contributed by atoms with van der Waals surface area (Å²) in [5, 5.41) is 3.38. The molecule has 0 spiro atoms. The third-order valence-electron chi connectivity index (χ3n) is 4.83. The molecule has 1 amide bonds. The van der Waals surface area contributed by atoms with Crippen molar-refractivity contribution < 1.29 is 9.18 Å². The van der Waals surface area contributed by atoms with Crippen LogP contribution in [0.3, 0.4) is 0 Å². The maximum atomic E-state index is 13.3. The molecule has 6 heteroatoms. The van der Waals surface area contributed by atoms with Gasteiger partial charge in [0.05, 0.1) is 0 Å². The van der Waals surface area contributed by atoms with Crippen molar-refractivity contribution in [3.05, 3.63) is 35.6 Å². The van der Waals surface area contributed by atoms with Gasteiger partial charge in [0, 0.05) is 64.9 Å². The lowest BCUT2D eigenvalue weighted by atomic mass is 10.0. The fourth-order valence-corrected chi connectivity index (χ4v) is 3.41. The van der Waals surface area contributed by atoms with E-state index in [1.54, 1.807) is 12.1 Å². The van der Waals surface area contributed by atoms with Crippen LogP contribution in [-0.2, 0) is 4.79 Å². The van der Waals surface area contributed by atoms with Crippen LogP contribution in [0.4, 0.5) is 4.39 Å². The fourth-order valence-electron chi connectivity index (χ4n) is 3.41. The molecule has 126 valence electrons. The average molecular weight is 320 g/mol. The first-order valence-electron chi connectivity index (χ1n) is 8.38. The largest absolute Gasteiger partial charge is 0.343 e. The van der Waals surface area contributed by atoms with Gasteiger partial charge in [0.15, 0.2) is 0 Å². The summed E-state index contributed by atoms with van der Waals surface area (Å²) in [6.45, 7) is 8.36. The number of halogens is 1. The fraction of sp³-hybridized carbons (Fsp3) is 0.588. The predicted octanol–water partition coefficient (Wildman–Crippen LogP) is 0.546. The van der Waals surface area contributed by atoms with E-state index in [9.17, 15) is 9.18 Å². The normalized spacial score (nSPS) is 22.0. The Bertz CT molecular complexity index is 496. The molecule has 2 saturated heterocycles. The Hall–Kier alpha value is -1.50. The van der Waals surface area contributed by atoms with Gasteiger partial charge in [0.1, 0.15) is 5.82 Å². The zero-order valence-electron chi connectivity index (χ0n) is 13.5. The molecule has 23 heavy (non-hydrogen) atoms. The first-order valence-corrected chi connectivity index (χ1v) is 8.38. The van der Waals surface area contributed by atoms with E-state index in [-0.39, 0.29) is 11.9 Å². The van der Waals surface area contributed by atoms with Crippen molar-refractivity contribution in [2.75, 3.05) is 58.9 Å². The standard InChI is InChI=1S/C17H25FN4O/c18-16-3-1-15(2-4-16)17(13-20-7-5-19-6-8-20)22-11-9-21(14-23)10-12-22/h1-4,14,17,19H,5-13H2. The molecule has 0 bridgehead atoms. The van der Waals surface area contributed by atoms with Crippen LogP contribution < -0.4 is 5.32 Å². The molecule has 5 nitrogen and oxygen atoms in total. The van der Waals surface area contributed by atoms with Crippen molar-refractivity contribution in [2.45, 2.75) is 6.04 Å². The van der Waals surface area contributed by atoms with Crippen molar-refractivity contribution in [3.8, 4) is 0 Å². The van der Waals surface area contributed by atoms with Crippen molar-refractivity contribution in [2.24, 2.45) is 0 Å². The van der Waals surface area contributed by atoms with Crippen LogP contribution >= 0.6 is 0 Å². The Labute approximate surface area is 137 Å². The molecule has 1 N–H and O–H groups in total. The highest BCUT2D eigenvalue weighted by Crippen LogP contribution is 2.24. The van der Waals surface area contributed by atoms with Gasteiger partial charge in [0.25, 0.3) is 0 Å². The van der Waals surface area contributed by atoms with Gasteiger partial charge < -0.3 is 10.2 Å². The quantitative estimate of drug-likeness (QED) is 0.804. The van der Waals surface area contributed by atoms with E-state index in [1.807, 2.05) is 17.0 Å². The zero-order chi connectivity index (χ0) is 16.1. The Morgan fingerprint density at radius 3 is 2.30 bits per heavy atom. The number of carbonyl (C=O) groups excluding carboxylic acids is 1.